The topological polar surface area (TPSA) is 81.4 Å². The van der Waals surface area contributed by atoms with Crippen LogP contribution in [-0.4, -0.2) is 31.6 Å². The van der Waals surface area contributed by atoms with Gasteiger partial charge in [-0.15, -0.1) is 0 Å². The molecule has 0 saturated heterocycles. The molecule has 0 bridgehead atoms. The number of rotatable bonds is 7. The Kier molecular flexibility index (Phi) is 7.38. The number of allylic oxidation sites excluding steroid dienone is 2. The Morgan fingerprint density at radius 3 is 2.53 bits per heavy atom. The third kappa shape index (κ3) is 5.67. The predicted molar refractivity (Wildman–Crippen MR) is 66.1 cm³/mol. The van der Waals surface area contributed by atoms with Gasteiger partial charge < -0.3 is 15.8 Å². The highest BCUT2D eigenvalue weighted by Crippen LogP contribution is 2.09. The van der Waals surface area contributed by atoms with E-state index in [0.29, 0.717) is 5.57 Å². The Balaban J connectivity index is 4.87. The molecule has 0 aromatic rings. The molecule has 1 atom stereocenters. The van der Waals surface area contributed by atoms with Gasteiger partial charge in [-0.25, -0.2) is 0 Å². The Bertz CT molecular complexity index is 317. The quantitative estimate of drug-likeness (QED) is 0.493. The molecular weight excluding hydrogens is 220 g/mol. The van der Waals surface area contributed by atoms with E-state index < -0.39 is 12.0 Å². The van der Waals surface area contributed by atoms with Crippen LogP contribution in [0.2, 0.25) is 0 Å². The first-order chi connectivity index (χ1) is 8.08. The molecule has 3 N–H and O–H groups in total. The minimum absolute atomic E-state index is 0.0218. The molecule has 0 aromatic carbocycles. The number of ether oxygens (including phenoxy) is 1. The number of amides is 1. The lowest BCUT2D eigenvalue weighted by atomic mass is 10.0. The van der Waals surface area contributed by atoms with Gasteiger partial charge in [-0.05, 0) is 5.57 Å². The van der Waals surface area contributed by atoms with Crippen molar-refractivity contribution in [1.29, 1.82) is 0 Å². The first-order valence-corrected chi connectivity index (χ1v) is 5.10. The minimum Gasteiger partial charge on any atom is -0.469 e. The van der Waals surface area contributed by atoms with Crippen molar-refractivity contribution in [2.75, 3.05) is 13.7 Å². The second kappa shape index (κ2) is 8.29. The lowest BCUT2D eigenvalue weighted by Crippen LogP contribution is -2.41. The van der Waals surface area contributed by atoms with Crippen molar-refractivity contribution < 1.29 is 14.3 Å². The molecule has 1 amide bonds. The van der Waals surface area contributed by atoms with Crippen molar-refractivity contribution in [3.8, 4) is 0 Å². The highest BCUT2D eigenvalue weighted by Gasteiger charge is 2.18. The normalized spacial score (nSPS) is 12.5. The molecular formula is C12H18N2O3. The average molecular weight is 238 g/mol. The molecule has 0 aliphatic rings. The third-order valence-corrected chi connectivity index (χ3v) is 2.07. The van der Waals surface area contributed by atoms with Crippen LogP contribution in [0, 0.1) is 0 Å². The third-order valence-electron chi connectivity index (χ3n) is 2.07. The Labute approximate surface area is 101 Å². The second-order valence-electron chi connectivity index (χ2n) is 3.21. The average Bonchev–Trinajstić information content (AvgIpc) is 2.34. The zero-order valence-corrected chi connectivity index (χ0v) is 9.94. The van der Waals surface area contributed by atoms with Gasteiger partial charge in [0, 0.05) is 0 Å². The number of hydrogen-bond acceptors (Lipinski definition) is 4. The molecule has 0 fully saturated rings. The molecule has 0 aliphatic heterocycles. The SMILES string of the molecule is C=C/C=C(\C=C)C(CC(=O)OC)NC(=O)CN. The van der Waals surface area contributed by atoms with E-state index in [4.69, 9.17) is 5.73 Å². The lowest BCUT2D eigenvalue weighted by molar-refractivity contribution is -0.141. The molecule has 0 rings (SSSR count). The van der Waals surface area contributed by atoms with Crippen molar-refractivity contribution >= 4 is 11.9 Å². The highest BCUT2D eigenvalue weighted by atomic mass is 16.5. The van der Waals surface area contributed by atoms with Crippen molar-refractivity contribution in [2.45, 2.75) is 12.5 Å². The van der Waals surface area contributed by atoms with Gasteiger partial charge >= 0.3 is 5.97 Å². The monoisotopic (exact) mass is 238 g/mol. The fourth-order valence-corrected chi connectivity index (χ4v) is 1.22. The van der Waals surface area contributed by atoms with E-state index in [1.54, 1.807) is 18.2 Å². The maximum Gasteiger partial charge on any atom is 0.307 e. The Morgan fingerprint density at radius 1 is 1.47 bits per heavy atom. The summed E-state index contributed by atoms with van der Waals surface area (Å²) in [5.74, 6) is -0.778. The van der Waals surface area contributed by atoms with Gasteiger partial charge in [-0.3, -0.25) is 9.59 Å². The summed E-state index contributed by atoms with van der Waals surface area (Å²) in [4.78, 5) is 22.5. The van der Waals surface area contributed by atoms with Gasteiger partial charge in [0.05, 0.1) is 26.1 Å². The number of methoxy groups -OCH3 is 1. The van der Waals surface area contributed by atoms with Crippen LogP contribution in [0.15, 0.2) is 37.0 Å². The molecule has 0 radical (unpaired) electrons. The van der Waals surface area contributed by atoms with E-state index in [-0.39, 0.29) is 18.9 Å². The van der Waals surface area contributed by atoms with Crippen LogP contribution in [0.5, 0.6) is 0 Å². The number of esters is 1. The summed E-state index contributed by atoms with van der Waals surface area (Å²) in [5, 5.41) is 2.62. The second-order valence-corrected chi connectivity index (χ2v) is 3.21. The molecule has 5 heteroatoms. The smallest absolute Gasteiger partial charge is 0.307 e. The van der Waals surface area contributed by atoms with E-state index >= 15 is 0 Å². The number of nitrogens with two attached hydrogens (primary N) is 1. The molecule has 0 aromatic heterocycles. The van der Waals surface area contributed by atoms with Crippen LogP contribution in [0.4, 0.5) is 0 Å². The first-order valence-electron chi connectivity index (χ1n) is 5.10. The summed E-state index contributed by atoms with van der Waals surface area (Å²) < 4.78 is 4.56. The molecule has 0 aliphatic carbocycles. The van der Waals surface area contributed by atoms with Crippen molar-refractivity contribution in [3.05, 3.63) is 37.0 Å². The molecule has 17 heavy (non-hydrogen) atoms. The van der Waals surface area contributed by atoms with Gasteiger partial charge in [-0.1, -0.05) is 31.4 Å². The zero-order valence-electron chi connectivity index (χ0n) is 9.94. The van der Waals surface area contributed by atoms with Gasteiger partial charge in [-0.2, -0.15) is 0 Å². The number of nitrogens with one attached hydrogen (secondary N) is 1. The molecule has 1 unspecified atom stereocenters. The fourth-order valence-electron chi connectivity index (χ4n) is 1.22. The molecule has 5 nitrogen and oxygen atoms in total. The van der Waals surface area contributed by atoms with Crippen molar-refractivity contribution in [1.82, 2.24) is 5.32 Å². The maximum atomic E-state index is 11.2. The lowest BCUT2D eigenvalue weighted by Gasteiger charge is -2.18. The molecule has 0 saturated carbocycles. The maximum absolute atomic E-state index is 11.2. The summed E-state index contributed by atoms with van der Waals surface area (Å²) in [6.07, 6.45) is 4.79. The Hall–Kier alpha value is -1.88. The molecule has 94 valence electrons. The summed E-state index contributed by atoms with van der Waals surface area (Å²) in [7, 11) is 1.29. The molecule has 0 heterocycles. The van der Waals surface area contributed by atoms with Gasteiger partial charge in [0.25, 0.3) is 0 Å². The number of hydrogen-bond donors (Lipinski definition) is 2. The standard InChI is InChI=1S/C12H18N2O3/c1-4-6-9(5-2)10(7-12(16)17-3)14-11(15)8-13/h4-6,10H,1-2,7-8,13H2,3H3,(H,14,15)/b9-6+. The summed E-state index contributed by atoms with van der Waals surface area (Å²) in [6, 6.07) is -0.506. The van der Waals surface area contributed by atoms with E-state index in [9.17, 15) is 9.59 Å². The molecule has 0 spiro atoms. The predicted octanol–water partition coefficient (Wildman–Crippen LogP) is 0.291. The Morgan fingerprint density at radius 2 is 2.12 bits per heavy atom. The number of carbonyl (C=O) groups excluding carboxylic acids is 2. The van der Waals surface area contributed by atoms with Gasteiger partial charge in [0.15, 0.2) is 0 Å². The first kappa shape index (κ1) is 15.1. The van der Waals surface area contributed by atoms with Crippen molar-refractivity contribution in [3.63, 3.8) is 0 Å². The van der Waals surface area contributed by atoms with E-state index in [0.717, 1.165) is 0 Å². The van der Waals surface area contributed by atoms with E-state index in [2.05, 4.69) is 23.2 Å². The summed E-state index contributed by atoms with van der Waals surface area (Å²) >= 11 is 0. The zero-order chi connectivity index (χ0) is 13.3. The van der Waals surface area contributed by atoms with Crippen LogP contribution >= 0.6 is 0 Å². The van der Waals surface area contributed by atoms with Crippen LogP contribution in [0.25, 0.3) is 0 Å². The van der Waals surface area contributed by atoms with E-state index in [1.165, 1.54) is 7.11 Å². The highest BCUT2D eigenvalue weighted by molar-refractivity contribution is 5.80. The van der Waals surface area contributed by atoms with Crippen LogP contribution in [0.3, 0.4) is 0 Å². The van der Waals surface area contributed by atoms with Crippen LogP contribution in [0.1, 0.15) is 6.42 Å². The minimum atomic E-state index is -0.506. The largest absolute Gasteiger partial charge is 0.469 e. The van der Waals surface area contributed by atoms with Gasteiger partial charge in [0.1, 0.15) is 0 Å². The van der Waals surface area contributed by atoms with Crippen LogP contribution in [-0.2, 0) is 14.3 Å². The van der Waals surface area contributed by atoms with E-state index in [1.807, 2.05) is 0 Å². The van der Waals surface area contributed by atoms with Crippen LogP contribution < -0.4 is 11.1 Å². The summed E-state index contributed by atoms with van der Waals surface area (Å²) in [5.41, 5.74) is 5.88. The van der Waals surface area contributed by atoms with Gasteiger partial charge in [0.2, 0.25) is 5.91 Å². The summed E-state index contributed by atoms with van der Waals surface area (Å²) in [6.45, 7) is 7.03. The number of carbonyl (C=O) groups is 2. The fraction of sp³-hybridized carbons (Fsp3) is 0.333. The van der Waals surface area contributed by atoms with Crippen molar-refractivity contribution in [2.24, 2.45) is 5.73 Å².